The van der Waals surface area contributed by atoms with Crippen molar-refractivity contribution in [2.45, 2.75) is 26.1 Å². The number of nitrogens with two attached hydrogens (primary N) is 1. The van der Waals surface area contributed by atoms with Crippen molar-refractivity contribution in [1.29, 1.82) is 0 Å². The number of aliphatic imine (C=N–C) groups is 1. The Morgan fingerprint density at radius 3 is 2.60 bits per heavy atom. The van der Waals surface area contributed by atoms with Gasteiger partial charge in [0.1, 0.15) is 12.0 Å². The second-order valence-electron chi connectivity index (χ2n) is 6.27. The first-order valence-corrected chi connectivity index (χ1v) is 8.32. The van der Waals surface area contributed by atoms with E-state index in [1.54, 1.807) is 49.2 Å². The Bertz CT molecular complexity index is 743. The Labute approximate surface area is 153 Å². The van der Waals surface area contributed by atoms with Gasteiger partial charge in [0, 0.05) is 21.1 Å². The molecule has 0 fully saturated rings. The maximum Gasteiger partial charge on any atom is 0.222 e. The number of hydrogen-bond acceptors (Lipinski definition) is 5. The maximum absolute atomic E-state index is 15.1. The van der Waals surface area contributed by atoms with E-state index in [1.165, 1.54) is 0 Å². The molecule has 1 aromatic carbocycles. The van der Waals surface area contributed by atoms with Crippen LogP contribution in [-0.4, -0.2) is 44.1 Å². The average Bonchev–Trinajstić information content (AvgIpc) is 2.51. The Hall–Kier alpha value is -2.05. The molecular formula is C18H24ClFN4O. The number of likely N-dealkylation sites (N-methyl/N-ethyl adjacent to an activating group) is 1. The molecule has 0 aliphatic carbocycles. The van der Waals surface area contributed by atoms with E-state index in [9.17, 15) is 0 Å². The van der Waals surface area contributed by atoms with E-state index in [0.29, 0.717) is 33.6 Å². The zero-order valence-electron chi connectivity index (χ0n) is 15.2. The van der Waals surface area contributed by atoms with Gasteiger partial charge in [0.15, 0.2) is 5.82 Å². The minimum absolute atomic E-state index is 0.0991. The van der Waals surface area contributed by atoms with E-state index in [4.69, 9.17) is 22.1 Å². The quantitative estimate of drug-likeness (QED) is 0.868. The first kappa shape index (κ1) is 19.3. The molecule has 1 aliphatic heterocycles. The van der Waals surface area contributed by atoms with Gasteiger partial charge in [0.2, 0.25) is 5.88 Å². The van der Waals surface area contributed by atoms with E-state index in [2.05, 4.69) is 11.6 Å². The highest BCUT2D eigenvalue weighted by molar-refractivity contribution is 6.33. The molecule has 1 aromatic rings. The molecule has 0 saturated heterocycles. The zero-order chi connectivity index (χ0) is 18.9. The summed E-state index contributed by atoms with van der Waals surface area (Å²) in [6, 6.07) is 3.24. The Kier molecular flexibility index (Phi) is 5.75. The molecular weight excluding hydrogens is 343 g/mol. The van der Waals surface area contributed by atoms with Crippen molar-refractivity contribution in [2.75, 3.05) is 26.0 Å². The molecule has 1 aliphatic rings. The van der Waals surface area contributed by atoms with Crippen molar-refractivity contribution < 1.29 is 9.13 Å². The molecule has 2 rings (SSSR count). The van der Waals surface area contributed by atoms with Gasteiger partial charge in [-0.05, 0) is 26.0 Å². The van der Waals surface area contributed by atoms with Crippen LogP contribution in [0.1, 0.15) is 19.4 Å². The van der Waals surface area contributed by atoms with E-state index in [-0.39, 0.29) is 6.10 Å². The van der Waals surface area contributed by atoms with Crippen LogP contribution in [-0.2, 0) is 4.74 Å². The fourth-order valence-corrected chi connectivity index (χ4v) is 2.92. The SMILES string of the molecule is C=CC1=C(OC(C)C)N=C(c2ccc(Cl)c(N(C)C)c2F)N(C)C1N. The molecule has 0 spiro atoms. The Morgan fingerprint density at radius 1 is 1.44 bits per heavy atom. The summed E-state index contributed by atoms with van der Waals surface area (Å²) in [4.78, 5) is 7.83. The smallest absolute Gasteiger partial charge is 0.222 e. The van der Waals surface area contributed by atoms with Crippen LogP contribution in [0.4, 0.5) is 10.1 Å². The molecule has 0 amide bonds. The van der Waals surface area contributed by atoms with Crippen molar-refractivity contribution in [1.82, 2.24) is 4.90 Å². The topological polar surface area (TPSA) is 54.1 Å². The first-order chi connectivity index (χ1) is 11.7. The standard InChI is InChI=1S/C18H24ClFN4O/c1-7-11-16(21)24(6)17(22-18(11)25-10(2)3)12-8-9-13(19)15(14(12)20)23(4)5/h7-10,16H,1,21H2,2-6H3. The molecule has 1 heterocycles. The van der Waals surface area contributed by atoms with Gasteiger partial charge in [-0.25, -0.2) is 4.39 Å². The van der Waals surface area contributed by atoms with Crippen molar-refractivity contribution in [2.24, 2.45) is 10.7 Å². The fraction of sp³-hybridized carbons (Fsp3) is 0.389. The summed E-state index contributed by atoms with van der Waals surface area (Å²) >= 11 is 6.14. The van der Waals surface area contributed by atoms with Crippen LogP contribution in [0.15, 0.2) is 41.2 Å². The molecule has 5 nitrogen and oxygen atoms in total. The molecule has 7 heteroatoms. The summed E-state index contributed by atoms with van der Waals surface area (Å²) in [6.07, 6.45) is 0.970. The second kappa shape index (κ2) is 7.45. The van der Waals surface area contributed by atoms with Gasteiger partial charge in [0.05, 0.1) is 28.0 Å². The third-order valence-electron chi connectivity index (χ3n) is 3.85. The lowest BCUT2D eigenvalue weighted by Crippen LogP contribution is -2.47. The number of anilines is 1. The molecule has 0 aromatic heterocycles. The maximum atomic E-state index is 15.1. The largest absolute Gasteiger partial charge is 0.475 e. The van der Waals surface area contributed by atoms with Crippen LogP contribution in [0, 0.1) is 5.82 Å². The highest BCUT2D eigenvalue weighted by Gasteiger charge is 2.30. The molecule has 0 saturated carbocycles. The van der Waals surface area contributed by atoms with E-state index >= 15 is 4.39 Å². The third-order valence-corrected chi connectivity index (χ3v) is 4.15. The number of hydrogen-bond donors (Lipinski definition) is 1. The van der Waals surface area contributed by atoms with E-state index in [1.807, 2.05) is 13.8 Å². The summed E-state index contributed by atoms with van der Waals surface area (Å²) in [5, 5.41) is 0.329. The van der Waals surface area contributed by atoms with Gasteiger partial charge in [0.25, 0.3) is 0 Å². The van der Waals surface area contributed by atoms with Crippen LogP contribution in [0.25, 0.3) is 0 Å². The summed E-state index contributed by atoms with van der Waals surface area (Å²) in [6.45, 7) is 7.56. The predicted octanol–water partition coefficient (Wildman–Crippen LogP) is 3.34. The molecule has 0 radical (unpaired) electrons. The van der Waals surface area contributed by atoms with E-state index in [0.717, 1.165) is 0 Å². The highest BCUT2D eigenvalue weighted by atomic mass is 35.5. The number of halogens is 2. The van der Waals surface area contributed by atoms with Crippen LogP contribution in [0.3, 0.4) is 0 Å². The second-order valence-corrected chi connectivity index (χ2v) is 6.68. The summed E-state index contributed by atoms with van der Waals surface area (Å²) in [5.74, 6) is 0.276. The molecule has 25 heavy (non-hydrogen) atoms. The molecule has 0 bridgehead atoms. The van der Waals surface area contributed by atoms with Gasteiger partial charge >= 0.3 is 0 Å². The lowest BCUT2D eigenvalue weighted by atomic mass is 10.1. The van der Waals surface area contributed by atoms with Gasteiger partial charge in [-0.2, -0.15) is 4.99 Å². The minimum Gasteiger partial charge on any atom is -0.475 e. The monoisotopic (exact) mass is 366 g/mol. The van der Waals surface area contributed by atoms with Crippen LogP contribution in [0.2, 0.25) is 5.02 Å². The molecule has 1 atom stereocenters. The zero-order valence-corrected chi connectivity index (χ0v) is 15.9. The minimum atomic E-state index is -0.545. The lowest BCUT2D eigenvalue weighted by molar-refractivity contribution is 0.137. The summed E-state index contributed by atoms with van der Waals surface area (Å²) in [7, 11) is 5.22. The average molecular weight is 367 g/mol. The van der Waals surface area contributed by atoms with Crippen LogP contribution in [0.5, 0.6) is 0 Å². The number of nitrogens with zero attached hydrogens (tertiary/aromatic N) is 3. The van der Waals surface area contributed by atoms with Crippen molar-refractivity contribution in [3.63, 3.8) is 0 Å². The summed E-state index contributed by atoms with van der Waals surface area (Å²) in [5.41, 5.74) is 7.54. The molecule has 136 valence electrons. The Balaban J connectivity index is 2.65. The van der Waals surface area contributed by atoms with Crippen molar-refractivity contribution >= 4 is 23.1 Å². The molecule has 1 unspecified atom stereocenters. The normalized spacial score (nSPS) is 17.7. The highest BCUT2D eigenvalue weighted by Crippen LogP contribution is 2.32. The lowest BCUT2D eigenvalue weighted by Gasteiger charge is -2.34. The number of amidine groups is 1. The predicted molar refractivity (Wildman–Crippen MR) is 101 cm³/mol. The van der Waals surface area contributed by atoms with Crippen molar-refractivity contribution in [3.8, 4) is 0 Å². The van der Waals surface area contributed by atoms with Gasteiger partial charge in [-0.3, -0.25) is 0 Å². The van der Waals surface area contributed by atoms with Gasteiger partial charge in [-0.15, -0.1) is 0 Å². The van der Waals surface area contributed by atoms with Crippen molar-refractivity contribution in [3.05, 3.63) is 52.6 Å². The summed E-state index contributed by atoms with van der Waals surface area (Å²) < 4.78 is 20.8. The number of ether oxygens (including phenoxy) is 1. The molecule has 2 N–H and O–H groups in total. The fourth-order valence-electron chi connectivity index (χ4n) is 2.61. The van der Waals surface area contributed by atoms with Crippen LogP contribution >= 0.6 is 11.6 Å². The van der Waals surface area contributed by atoms with Gasteiger partial charge < -0.3 is 20.3 Å². The first-order valence-electron chi connectivity index (χ1n) is 7.95. The third kappa shape index (κ3) is 3.65. The number of rotatable bonds is 5. The van der Waals surface area contributed by atoms with E-state index < -0.39 is 12.0 Å². The van der Waals surface area contributed by atoms with Gasteiger partial charge in [-0.1, -0.05) is 24.3 Å². The van der Waals surface area contributed by atoms with Crippen LogP contribution < -0.4 is 10.6 Å². The number of benzene rings is 1. The Morgan fingerprint density at radius 2 is 2.08 bits per heavy atom.